The highest BCUT2D eigenvalue weighted by molar-refractivity contribution is 6.30. The molecular weight excluding hydrogens is 426 g/mol. The summed E-state index contributed by atoms with van der Waals surface area (Å²) in [6.07, 6.45) is -0.0229. The Kier molecular flexibility index (Phi) is 7.09. The fourth-order valence-corrected chi connectivity index (χ4v) is 3.11. The van der Waals surface area contributed by atoms with E-state index in [0.29, 0.717) is 22.0 Å². The zero-order valence-corrected chi connectivity index (χ0v) is 17.3. The van der Waals surface area contributed by atoms with Crippen LogP contribution < -0.4 is 20.5 Å². The summed E-state index contributed by atoms with van der Waals surface area (Å²) in [4.78, 5) is 49.8. The molecule has 0 radical (unpaired) electrons. The predicted molar refractivity (Wildman–Crippen MR) is 111 cm³/mol. The molecule has 1 aliphatic rings. The largest absolute Gasteiger partial charge is 0.497 e. The zero-order valence-electron chi connectivity index (χ0n) is 16.6. The highest BCUT2D eigenvalue weighted by Crippen LogP contribution is 2.28. The number of anilines is 1. The van der Waals surface area contributed by atoms with Crippen molar-refractivity contribution in [1.82, 2.24) is 10.9 Å². The van der Waals surface area contributed by atoms with Crippen LogP contribution in [0.5, 0.6) is 5.75 Å². The van der Waals surface area contributed by atoms with Crippen molar-refractivity contribution in [3.05, 3.63) is 59.1 Å². The van der Waals surface area contributed by atoms with Crippen molar-refractivity contribution in [2.75, 3.05) is 25.2 Å². The van der Waals surface area contributed by atoms with Gasteiger partial charge in [-0.1, -0.05) is 17.7 Å². The average Bonchev–Trinajstić information content (AvgIpc) is 3.18. The van der Waals surface area contributed by atoms with Crippen molar-refractivity contribution < 1.29 is 28.7 Å². The Hall–Kier alpha value is -3.59. The van der Waals surface area contributed by atoms with E-state index in [4.69, 9.17) is 21.1 Å². The summed E-state index contributed by atoms with van der Waals surface area (Å²) >= 11 is 5.76. The zero-order chi connectivity index (χ0) is 22.4. The van der Waals surface area contributed by atoms with Crippen molar-refractivity contribution in [2.45, 2.75) is 6.42 Å². The lowest BCUT2D eigenvalue weighted by molar-refractivity contribution is -0.152. The molecule has 0 unspecified atom stereocenters. The molecule has 162 valence electrons. The van der Waals surface area contributed by atoms with Gasteiger partial charge in [0.1, 0.15) is 5.75 Å². The lowest BCUT2D eigenvalue weighted by atomic mass is 10.1. The topological polar surface area (TPSA) is 114 Å². The Morgan fingerprint density at radius 2 is 1.87 bits per heavy atom. The van der Waals surface area contributed by atoms with Crippen LogP contribution in [0.25, 0.3) is 0 Å². The number of hydrogen-bond acceptors (Lipinski definition) is 6. The van der Waals surface area contributed by atoms with Crippen LogP contribution in [0.1, 0.15) is 16.8 Å². The van der Waals surface area contributed by atoms with Gasteiger partial charge in [0.05, 0.1) is 13.0 Å². The summed E-state index contributed by atoms with van der Waals surface area (Å²) < 4.78 is 10.1. The van der Waals surface area contributed by atoms with Gasteiger partial charge < -0.3 is 14.4 Å². The average molecular weight is 446 g/mol. The number of ether oxygens (including phenoxy) is 2. The number of carbonyl (C=O) groups is 4. The second kappa shape index (κ2) is 9.94. The first-order valence-corrected chi connectivity index (χ1v) is 9.71. The third-order valence-corrected chi connectivity index (χ3v) is 4.84. The molecule has 0 saturated carbocycles. The standard InChI is InChI=1S/C21H20ClN3O6/c1-30-17-4-2-3-16(10-17)25-11-14(9-19(25)27)21(29)31-12-18(26)23-24-20(28)13-5-7-15(22)8-6-13/h2-8,10,14H,9,11-12H2,1H3,(H,23,26)(H,24,28)/t14-/m0/s1. The number of esters is 1. The van der Waals surface area contributed by atoms with Gasteiger partial charge in [0.25, 0.3) is 11.8 Å². The van der Waals surface area contributed by atoms with Crippen LogP contribution in [0.3, 0.4) is 0 Å². The maximum absolute atomic E-state index is 12.3. The number of nitrogens with one attached hydrogen (secondary N) is 2. The summed E-state index contributed by atoms with van der Waals surface area (Å²) in [5.74, 6) is -2.27. The van der Waals surface area contributed by atoms with Crippen molar-refractivity contribution >= 4 is 41.0 Å². The van der Waals surface area contributed by atoms with Crippen LogP contribution in [0, 0.1) is 5.92 Å². The number of benzene rings is 2. The number of amides is 3. The van der Waals surface area contributed by atoms with E-state index in [1.165, 1.54) is 36.3 Å². The smallest absolute Gasteiger partial charge is 0.311 e. The molecule has 2 aromatic rings. The molecule has 2 N–H and O–H groups in total. The van der Waals surface area contributed by atoms with Crippen molar-refractivity contribution in [3.8, 4) is 5.75 Å². The van der Waals surface area contributed by atoms with E-state index in [0.717, 1.165) is 0 Å². The van der Waals surface area contributed by atoms with E-state index in [-0.39, 0.29) is 18.9 Å². The molecule has 0 aliphatic carbocycles. The molecule has 1 aliphatic heterocycles. The quantitative estimate of drug-likeness (QED) is 0.517. The van der Waals surface area contributed by atoms with Crippen LogP contribution in [0.15, 0.2) is 48.5 Å². The molecule has 1 saturated heterocycles. The van der Waals surface area contributed by atoms with Gasteiger partial charge in [-0.15, -0.1) is 0 Å². The first-order chi connectivity index (χ1) is 14.9. The van der Waals surface area contributed by atoms with E-state index in [1.807, 2.05) is 0 Å². The van der Waals surface area contributed by atoms with Crippen molar-refractivity contribution in [2.24, 2.45) is 5.92 Å². The predicted octanol–water partition coefficient (Wildman–Crippen LogP) is 1.71. The number of hydrazine groups is 1. The Morgan fingerprint density at radius 3 is 2.58 bits per heavy atom. The Labute approximate surface area is 183 Å². The van der Waals surface area contributed by atoms with E-state index in [2.05, 4.69) is 10.9 Å². The number of nitrogens with zero attached hydrogens (tertiary/aromatic N) is 1. The molecule has 1 fully saturated rings. The van der Waals surface area contributed by atoms with E-state index >= 15 is 0 Å². The Morgan fingerprint density at radius 1 is 1.13 bits per heavy atom. The van der Waals surface area contributed by atoms with Crippen LogP contribution in [0.2, 0.25) is 5.02 Å². The minimum Gasteiger partial charge on any atom is -0.497 e. The summed E-state index contributed by atoms with van der Waals surface area (Å²) in [5.41, 5.74) is 5.28. The Bertz CT molecular complexity index is 995. The number of halogens is 1. The molecule has 1 atom stereocenters. The van der Waals surface area contributed by atoms with Crippen LogP contribution >= 0.6 is 11.6 Å². The van der Waals surface area contributed by atoms with Crippen molar-refractivity contribution in [3.63, 3.8) is 0 Å². The van der Waals surface area contributed by atoms with Gasteiger partial charge in [0, 0.05) is 35.3 Å². The first-order valence-electron chi connectivity index (χ1n) is 9.33. The van der Waals surface area contributed by atoms with Gasteiger partial charge in [-0.3, -0.25) is 30.0 Å². The minimum absolute atomic E-state index is 0.0229. The summed E-state index contributed by atoms with van der Waals surface area (Å²) in [6.45, 7) is -0.455. The second-order valence-electron chi connectivity index (χ2n) is 6.72. The molecule has 1 heterocycles. The lowest BCUT2D eigenvalue weighted by Gasteiger charge is -2.17. The monoisotopic (exact) mass is 445 g/mol. The summed E-state index contributed by atoms with van der Waals surface area (Å²) in [5, 5.41) is 0.475. The maximum atomic E-state index is 12.3. The highest BCUT2D eigenvalue weighted by atomic mass is 35.5. The van der Waals surface area contributed by atoms with Gasteiger partial charge in [-0.05, 0) is 36.4 Å². The molecule has 0 spiro atoms. The van der Waals surface area contributed by atoms with Crippen LogP contribution in [-0.2, 0) is 19.1 Å². The number of rotatable bonds is 6. The maximum Gasteiger partial charge on any atom is 0.311 e. The molecule has 3 rings (SSSR count). The number of methoxy groups -OCH3 is 1. The molecule has 0 bridgehead atoms. The van der Waals surface area contributed by atoms with E-state index in [9.17, 15) is 19.2 Å². The molecule has 3 amide bonds. The first kappa shape index (κ1) is 22.1. The fraction of sp³-hybridized carbons (Fsp3) is 0.238. The molecule has 9 nitrogen and oxygen atoms in total. The van der Waals surface area contributed by atoms with E-state index < -0.39 is 30.3 Å². The Balaban J connectivity index is 1.46. The summed E-state index contributed by atoms with van der Waals surface area (Å²) in [6, 6.07) is 13.0. The number of hydrogen-bond donors (Lipinski definition) is 2. The van der Waals surface area contributed by atoms with Gasteiger partial charge >= 0.3 is 5.97 Å². The highest BCUT2D eigenvalue weighted by Gasteiger charge is 2.36. The minimum atomic E-state index is -0.718. The third kappa shape index (κ3) is 5.73. The molecule has 2 aromatic carbocycles. The van der Waals surface area contributed by atoms with Gasteiger partial charge in [-0.2, -0.15) is 0 Å². The van der Waals surface area contributed by atoms with Crippen molar-refractivity contribution in [1.29, 1.82) is 0 Å². The van der Waals surface area contributed by atoms with E-state index in [1.54, 1.807) is 24.3 Å². The summed E-state index contributed by atoms with van der Waals surface area (Å²) in [7, 11) is 1.52. The molecule has 10 heteroatoms. The van der Waals surface area contributed by atoms with Gasteiger partial charge in [-0.25, -0.2) is 0 Å². The molecule has 0 aromatic heterocycles. The second-order valence-corrected chi connectivity index (χ2v) is 7.16. The molecule has 31 heavy (non-hydrogen) atoms. The van der Waals surface area contributed by atoms with Gasteiger partial charge in [0.15, 0.2) is 6.61 Å². The SMILES string of the molecule is COc1cccc(N2C[C@@H](C(=O)OCC(=O)NNC(=O)c3ccc(Cl)cc3)CC2=O)c1. The fourth-order valence-electron chi connectivity index (χ4n) is 2.98. The van der Waals surface area contributed by atoms with Crippen LogP contribution in [0.4, 0.5) is 5.69 Å². The lowest BCUT2D eigenvalue weighted by Crippen LogP contribution is -2.43. The van der Waals surface area contributed by atoms with Gasteiger partial charge in [0.2, 0.25) is 5.91 Å². The number of carbonyl (C=O) groups excluding carboxylic acids is 4. The molecular formula is C21H20ClN3O6. The van der Waals surface area contributed by atoms with Crippen LogP contribution in [-0.4, -0.2) is 44.0 Å². The normalized spacial score (nSPS) is 15.4. The third-order valence-electron chi connectivity index (χ3n) is 4.59.